The Morgan fingerprint density at radius 3 is 1.96 bits per heavy atom. The Morgan fingerprint density at radius 2 is 1.08 bits per heavy atom. The fourth-order valence-electron chi connectivity index (χ4n) is 8.74. The van der Waals surface area contributed by atoms with Crippen molar-refractivity contribution in [2.24, 2.45) is 0 Å². The molecule has 0 bridgehead atoms. The van der Waals surface area contributed by atoms with E-state index in [0.717, 1.165) is 0 Å². The van der Waals surface area contributed by atoms with Crippen molar-refractivity contribution in [3.05, 3.63) is 157 Å². The number of hydrogen-bond donors (Lipinski definition) is 0. The summed E-state index contributed by atoms with van der Waals surface area (Å²) in [7, 11) is 0. The second-order valence-electron chi connectivity index (χ2n) is 13.7. The van der Waals surface area contributed by atoms with Crippen LogP contribution >= 0.6 is 11.3 Å². The van der Waals surface area contributed by atoms with Gasteiger partial charge in [0.25, 0.3) is 0 Å². The van der Waals surface area contributed by atoms with E-state index in [0.29, 0.717) is 0 Å². The summed E-state index contributed by atoms with van der Waals surface area (Å²) in [6.45, 7) is 4.74. The summed E-state index contributed by atoms with van der Waals surface area (Å²) < 4.78 is 7.66. The molecule has 0 radical (unpaired) electrons. The molecular weight excluding hydrogens is 601 g/mol. The Kier molecular flexibility index (Phi) is 5.09. The van der Waals surface area contributed by atoms with Crippen molar-refractivity contribution < 1.29 is 0 Å². The van der Waals surface area contributed by atoms with Gasteiger partial charge in [-0.25, -0.2) is 0 Å². The largest absolute Gasteiger partial charge is 0.309 e. The van der Waals surface area contributed by atoms with Crippen LogP contribution in [0.15, 0.2) is 146 Å². The molecule has 3 aromatic heterocycles. The van der Waals surface area contributed by atoms with Gasteiger partial charge in [0.2, 0.25) is 0 Å². The topological polar surface area (TPSA) is 9.86 Å². The lowest BCUT2D eigenvalue weighted by atomic mass is 9.82. The Bertz CT molecular complexity index is 2980. The maximum absolute atomic E-state index is 2.53. The van der Waals surface area contributed by atoms with E-state index in [1.54, 1.807) is 0 Å². The van der Waals surface area contributed by atoms with E-state index in [2.05, 4.69) is 169 Å². The van der Waals surface area contributed by atoms with Gasteiger partial charge in [-0.2, -0.15) is 0 Å². The first kappa shape index (κ1) is 26.4. The van der Waals surface area contributed by atoms with Crippen LogP contribution in [0.4, 0.5) is 0 Å². The van der Waals surface area contributed by atoms with Gasteiger partial charge in [0.1, 0.15) is 0 Å². The highest BCUT2D eigenvalue weighted by atomic mass is 32.1. The minimum absolute atomic E-state index is 0.0729. The zero-order valence-electron chi connectivity index (χ0n) is 26.7. The molecule has 0 N–H and O–H groups in total. The molecule has 0 fully saturated rings. The highest BCUT2D eigenvalue weighted by molar-refractivity contribution is 7.25. The van der Waals surface area contributed by atoms with Crippen LogP contribution in [0.3, 0.4) is 0 Å². The summed E-state index contributed by atoms with van der Waals surface area (Å²) in [5.41, 5.74) is 12.8. The van der Waals surface area contributed by atoms with Crippen molar-refractivity contribution in [3.63, 3.8) is 0 Å². The molecule has 3 heteroatoms. The molecule has 3 heterocycles. The molecule has 48 heavy (non-hydrogen) atoms. The van der Waals surface area contributed by atoms with Crippen molar-refractivity contribution in [1.82, 2.24) is 9.13 Å². The van der Waals surface area contributed by atoms with Crippen LogP contribution in [0.5, 0.6) is 0 Å². The van der Waals surface area contributed by atoms with E-state index >= 15 is 0 Å². The van der Waals surface area contributed by atoms with E-state index in [-0.39, 0.29) is 5.41 Å². The van der Waals surface area contributed by atoms with Gasteiger partial charge in [0, 0.05) is 58.5 Å². The molecule has 2 nitrogen and oxygen atoms in total. The molecule has 0 amide bonds. The number of nitrogens with zero attached hydrogens (tertiary/aromatic N) is 2. The van der Waals surface area contributed by atoms with E-state index in [4.69, 9.17) is 0 Å². The Balaban J connectivity index is 1.25. The van der Waals surface area contributed by atoms with Crippen molar-refractivity contribution in [1.29, 1.82) is 0 Å². The van der Waals surface area contributed by atoms with Gasteiger partial charge in [-0.1, -0.05) is 105 Å². The molecule has 7 aromatic carbocycles. The van der Waals surface area contributed by atoms with E-state index in [1.807, 2.05) is 11.3 Å². The zero-order valence-corrected chi connectivity index (χ0v) is 27.5. The number of rotatable bonds is 2. The number of aromatic nitrogens is 2. The van der Waals surface area contributed by atoms with Gasteiger partial charge < -0.3 is 9.13 Å². The third kappa shape index (κ3) is 3.31. The predicted octanol–water partition coefficient (Wildman–Crippen LogP) is 12.6. The number of benzene rings is 7. The van der Waals surface area contributed by atoms with Crippen LogP contribution in [0.1, 0.15) is 25.0 Å². The van der Waals surface area contributed by atoms with Crippen molar-refractivity contribution in [2.75, 3.05) is 0 Å². The van der Waals surface area contributed by atoms with Gasteiger partial charge in [-0.15, -0.1) is 11.3 Å². The molecule has 10 aromatic rings. The fraction of sp³-hybridized carbons (Fsp3) is 0.0667. The molecule has 0 saturated carbocycles. The first-order valence-electron chi connectivity index (χ1n) is 16.7. The van der Waals surface area contributed by atoms with Crippen molar-refractivity contribution in [3.8, 4) is 22.5 Å². The Morgan fingerprint density at radius 1 is 0.438 bits per heavy atom. The smallest absolute Gasteiger partial charge is 0.0641 e. The molecule has 0 spiro atoms. The van der Waals surface area contributed by atoms with E-state index in [9.17, 15) is 0 Å². The van der Waals surface area contributed by atoms with Gasteiger partial charge in [0.05, 0.1) is 22.1 Å². The monoisotopic (exact) mass is 630 g/mol. The number of fused-ring (bicyclic) bond motifs is 13. The van der Waals surface area contributed by atoms with E-state index < -0.39 is 0 Å². The minimum Gasteiger partial charge on any atom is -0.309 e. The van der Waals surface area contributed by atoms with Crippen molar-refractivity contribution >= 4 is 75.1 Å². The average molecular weight is 631 g/mol. The van der Waals surface area contributed by atoms with Crippen LogP contribution in [-0.4, -0.2) is 9.13 Å². The van der Waals surface area contributed by atoms with Gasteiger partial charge in [-0.3, -0.25) is 0 Å². The van der Waals surface area contributed by atoms with Gasteiger partial charge >= 0.3 is 0 Å². The highest BCUT2D eigenvalue weighted by Gasteiger charge is 2.35. The van der Waals surface area contributed by atoms with E-state index in [1.165, 1.54) is 97.4 Å². The lowest BCUT2D eigenvalue weighted by Crippen LogP contribution is -2.15. The maximum Gasteiger partial charge on any atom is 0.0641 e. The van der Waals surface area contributed by atoms with Crippen LogP contribution in [-0.2, 0) is 5.41 Å². The third-order valence-electron chi connectivity index (χ3n) is 10.9. The predicted molar refractivity (Wildman–Crippen MR) is 206 cm³/mol. The summed E-state index contributed by atoms with van der Waals surface area (Å²) in [6, 6.07) is 54.3. The molecule has 226 valence electrons. The lowest BCUT2D eigenvalue weighted by Gasteiger charge is -2.22. The molecule has 0 aliphatic heterocycles. The summed E-state index contributed by atoms with van der Waals surface area (Å²) in [4.78, 5) is 0. The normalized spacial score (nSPS) is 13.8. The van der Waals surface area contributed by atoms with Crippen LogP contribution in [0, 0.1) is 0 Å². The molecule has 0 unspecified atom stereocenters. The Hall–Kier alpha value is -5.64. The highest BCUT2D eigenvalue weighted by Crippen LogP contribution is 2.50. The summed E-state index contributed by atoms with van der Waals surface area (Å²) in [6.07, 6.45) is 0. The molecule has 0 atom stereocenters. The number of para-hydroxylation sites is 2. The number of hydrogen-bond acceptors (Lipinski definition) is 1. The summed E-state index contributed by atoms with van der Waals surface area (Å²) in [5.74, 6) is 0. The summed E-state index contributed by atoms with van der Waals surface area (Å²) >= 11 is 1.87. The van der Waals surface area contributed by atoms with Gasteiger partial charge in [0.15, 0.2) is 0 Å². The van der Waals surface area contributed by atoms with Crippen LogP contribution in [0.25, 0.3) is 86.3 Å². The van der Waals surface area contributed by atoms with Crippen molar-refractivity contribution in [2.45, 2.75) is 19.3 Å². The standard InChI is InChI=1S/C45H30N2S/c1-45(2)36-15-7-3-11-29(36)30-21-19-28(26-37(30)45)47-38-16-8-4-12-31(38)33-22-23-40-43(44(33)47)34-14-5-9-17-39(34)46(40)27-20-24-42-35(25-27)32-13-6-10-18-41(32)48-42/h3-26H,1-2H3. The second-order valence-corrected chi connectivity index (χ2v) is 14.8. The minimum atomic E-state index is -0.0729. The molecule has 1 aliphatic rings. The quantitative estimate of drug-likeness (QED) is 0.180. The third-order valence-corrected chi connectivity index (χ3v) is 12.1. The second kappa shape index (κ2) is 9.25. The Labute approximate surface area is 281 Å². The zero-order chi connectivity index (χ0) is 31.7. The maximum atomic E-state index is 2.53. The lowest BCUT2D eigenvalue weighted by molar-refractivity contribution is 0.660. The SMILES string of the molecule is CC1(C)c2ccccc2-c2ccc(-n3c4ccccc4c4ccc5c(c6ccccc6n5-c5ccc6sc7ccccc7c6c5)c43)cc21. The van der Waals surface area contributed by atoms with Gasteiger partial charge in [-0.05, 0) is 76.9 Å². The van der Waals surface area contributed by atoms with Crippen LogP contribution < -0.4 is 0 Å². The fourth-order valence-corrected chi connectivity index (χ4v) is 9.83. The van der Waals surface area contributed by atoms with Crippen LogP contribution in [0.2, 0.25) is 0 Å². The number of thiophene rings is 1. The average Bonchev–Trinajstić information content (AvgIpc) is 3.83. The first-order chi connectivity index (χ1) is 23.6. The summed E-state index contributed by atoms with van der Waals surface area (Å²) in [5, 5.41) is 7.76. The molecule has 1 aliphatic carbocycles. The molecule has 0 saturated heterocycles. The molecular formula is C45H30N2S. The first-order valence-corrected chi connectivity index (χ1v) is 17.5. The molecule has 11 rings (SSSR count).